The summed E-state index contributed by atoms with van der Waals surface area (Å²) in [4.78, 5) is 16.6. The van der Waals surface area contributed by atoms with Crippen molar-refractivity contribution in [2.24, 2.45) is 0 Å². The number of imidazole rings is 1. The Morgan fingerprint density at radius 3 is 2.71 bits per heavy atom. The quantitative estimate of drug-likeness (QED) is 0.843. The molecule has 0 aliphatic heterocycles. The Morgan fingerprint density at radius 2 is 2.05 bits per heavy atom. The van der Waals surface area contributed by atoms with Crippen LogP contribution in [0, 0.1) is 0 Å². The minimum Gasteiger partial charge on any atom is -0.352 e. The Hall–Kier alpha value is -0.970. The van der Waals surface area contributed by atoms with E-state index < -0.39 is 0 Å². The highest BCUT2D eigenvalue weighted by atomic mass is 35.5. The van der Waals surface area contributed by atoms with Crippen LogP contribution < -0.4 is 5.32 Å². The zero-order valence-corrected chi connectivity index (χ0v) is 13.5. The Balaban J connectivity index is 1.97. The van der Waals surface area contributed by atoms with E-state index in [9.17, 15) is 4.79 Å². The van der Waals surface area contributed by atoms with E-state index in [4.69, 9.17) is 34.8 Å². The van der Waals surface area contributed by atoms with E-state index in [1.807, 2.05) is 4.57 Å². The lowest BCUT2D eigenvalue weighted by Gasteiger charge is -2.09. The van der Waals surface area contributed by atoms with Crippen molar-refractivity contribution in [3.05, 3.63) is 28.0 Å². The van der Waals surface area contributed by atoms with E-state index in [0.29, 0.717) is 28.4 Å². The number of carbonyl (C=O) groups excluding carboxylic acids is 1. The number of amides is 1. The van der Waals surface area contributed by atoms with Crippen LogP contribution in [0.3, 0.4) is 0 Å². The van der Waals surface area contributed by atoms with Gasteiger partial charge in [0.05, 0.1) is 21.1 Å². The number of halogens is 3. The van der Waals surface area contributed by atoms with Gasteiger partial charge in [0.25, 0.3) is 0 Å². The summed E-state index contributed by atoms with van der Waals surface area (Å²) in [5, 5.41) is 3.87. The molecule has 3 rings (SSSR count). The number of hydrogen-bond acceptors (Lipinski definition) is 2. The van der Waals surface area contributed by atoms with Gasteiger partial charge in [0.15, 0.2) is 0 Å². The summed E-state index contributed by atoms with van der Waals surface area (Å²) >= 11 is 17.9. The highest BCUT2D eigenvalue weighted by Crippen LogP contribution is 2.28. The van der Waals surface area contributed by atoms with E-state index >= 15 is 0 Å². The molecule has 4 nitrogen and oxygen atoms in total. The van der Waals surface area contributed by atoms with Crippen LogP contribution in [0.1, 0.15) is 18.7 Å². The van der Waals surface area contributed by atoms with Gasteiger partial charge < -0.3 is 9.88 Å². The highest BCUT2D eigenvalue weighted by Gasteiger charge is 2.24. The molecule has 2 aromatic rings. The summed E-state index contributed by atoms with van der Waals surface area (Å²) in [6.45, 7) is 0.219. The van der Waals surface area contributed by atoms with Gasteiger partial charge in [-0.1, -0.05) is 23.2 Å². The zero-order valence-electron chi connectivity index (χ0n) is 11.2. The molecule has 1 saturated carbocycles. The minimum atomic E-state index is -0.0151. The predicted octanol–water partition coefficient (Wildman–Crippen LogP) is 3.40. The van der Waals surface area contributed by atoms with Crippen LogP contribution in [-0.4, -0.2) is 27.4 Å². The van der Waals surface area contributed by atoms with Crippen LogP contribution in [0.2, 0.25) is 10.0 Å². The zero-order chi connectivity index (χ0) is 15.0. The number of nitrogens with one attached hydrogen (secondary N) is 1. The molecule has 1 fully saturated rings. The highest BCUT2D eigenvalue weighted by molar-refractivity contribution is 6.42. The average Bonchev–Trinajstić information content (AvgIpc) is 3.18. The molecule has 1 aliphatic rings. The summed E-state index contributed by atoms with van der Waals surface area (Å²) in [6, 6.07) is 3.79. The predicted molar refractivity (Wildman–Crippen MR) is 85.3 cm³/mol. The van der Waals surface area contributed by atoms with Gasteiger partial charge in [-0.3, -0.25) is 4.79 Å². The molecule has 0 atom stereocenters. The number of benzene rings is 1. The molecule has 112 valence electrons. The second kappa shape index (κ2) is 6.03. The fourth-order valence-corrected chi connectivity index (χ4v) is 2.75. The maximum Gasteiger partial charge on any atom is 0.240 e. The molecule has 0 spiro atoms. The number of hydrogen-bond donors (Lipinski definition) is 1. The number of aryl methyl sites for hydroxylation is 1. The van der Waals surface area contributed by atoms with E-state index in [2.05, 4.69) is 10.3 Å². The Kier molecular flexibility index (Phi) is 4.29. The van der Waals surface area contributed by atoms with Gasteiger partial charge in [0.2, 0.25) is 5.91 Å². The van der Waals surface area contributed by atoms with E-state index in [0.717, 1.165) is 29.7 Å². The molecule has 1 N–H and O–H groups in total. The number of carbonyl (C=O) groups is 1. The van der Waals surface area contributed by atoms with Crippen molar-refractivity contribution in [1.29, 1.82) is 0 Å². The monoisotopic (exact) mass is 345 g/mol. The summed E-state index contributed by atoms with van der Waals surface area (Å²) < 4.78 is 1.86. The van der Waals surface area contributed by atoms with Gasteiger partial charge in [-0.05, 0) is 25.0 Å². The first kappa shape index (κ1) is 14.9. The lowest BCUT2D eigenvalue weighted by atomic mass is 10.3. The summed E-state index contributed by atoms with van der Waals surface area (Å²) in [5.74, 6) is 1.19. The van der Waals surface area contributed by atoms with Gasteiger partial charge in [0, 0.05) is 18.3 Å². The molecule has 0 unspecified atom stereocenters. The normalized spacial score (nSPS) is 14.6. The van der Waals surface area contributed by atoms with Crippen LogP contribution >= 0.6 is 34.8 Å². The molecule has 1 aromatic carbocycles. The number of alkyl halides is 1. The third-order valence-electron chi connectivity index (χ3n) is 3.43. The molecule has 1 heterocycles. The Morgan fingerprint density at radius 1 is 1.33 bits per heavy atom. The van der Waals surface area contributed by atoms with Crippen molar-refractivity contribution in [1.82, 2.24) is 14.9 Å². The van der Waals surface area contributed by atoms with Gasteiger partial charge >= 0.3 is 0 Å². The van der Waals surface area contributed by atoms with Crippen molar-refractivity contribution in [3.63, 3.8) is 0 Å². The molecular weight excluding hydrogens is 333 g/mol. The fraction of sp³-hybridized carbons (Fsp3) is 0.429. The first-order chi connectivity index (χ1) is 10.1. The molecule has 21 heavy (non-hydrogen) atoms. The Labute approximate surface area is 137 Å². The first-order valence-electron chi connectivity index (χ1n) is 6.78. The van der Waals surface area contributed by atoms with Crippen LogP contribution in [0.15, 0.2) is 12.1 Å². The van der Waals surface area contributed by atoms with E-state index in [-0.39, 0.29) is 12.5 Å². The van der Waals surface area contributed by atoms with Crippen molar-refractivity contribution >= 4 is 51.7 Å². The molecule has 0 saturated heterocycles. The average molecular weight is 347 g/mol. The maximum atomic E-state index is 12.1. The van der Waals surface area contributed by atoms with Crippen molar-refractivity contribution < 1.29 is 4.79 Å². The smallest absolute Gasteiger partial charge is 0.240 e. The van der Waals surface area contributed by atoms with Gasteiger partial charge in [-0.2, -0.15) is 0 Å². The lowest BCUT2D eigenvalue weighted by molar-refractivity contribution is -0.121. The van der Waals surface area contributed by atoms with Crippen LogP contribution in [0.25, 0.3) is 11.0 Å². The van der Waals surface area contributed by atoms with E-state index in [1.54, 1.807) is 12.1 Å². The standard InChI is InChI=1S/C14H14Cl3N3O/c15-4-3-13-19-11-5-9(16)10(17)6-12(11)20(13)7-14(21)18-8-1-2-8/h5-6,8H,1-4,7H2,(H,18,21). The third kappa shape index (κ3) is 3.28. The topological polar surface area (TPSA) is 46.9 Å². The second-order valence-electron chi connectivity index (χ2n) is 5.15. The number of aromatic nitrogens is 2. The van der Waals surface area contributed by atoms with Gasteiger partial charge in [-0.15, -0.1) is 11.6 Å². The number of nitrogens with zero attached hydrogens (tertiary/aromatic N) is 2. The summed E-state index contributed by atoms with van der Waals surface area (Å²) in [5.41, 5.74) is 1.53. The van der Waals surface area contributed by atoms with Crippen LogP contribution in [0.4, 0.5) is 0 Å². The van der Waals surface area contributed by atoms with Gasteiger partial charge in [0.1, 0.15) is 12.4 Å². The SMILES string of the molecule is O=C(Cn1c(CCCl)nc2cc(Cl)c(Cl)cc21)NC1CC1. The summed E-state index contributed by atoms with van der Waals surface area (Å²) in [6.07, 6.45) is 2.71. The molecule has 0 radical (unpaired) electrons. The van der Waals surface area contributed by atoms with Crippen molar-refractivity contribution in [2.45, 2.75) is 31.8 Å². The lowest BCUT2D eigenvalue weighted by Crippen LogP contribution is -2.29. The first-order valence-corrected chi connectivity index (χ1v) is 8.07. The largest absolute Gasteiger partial charge is 0.352 e. The van der Waals surface area contributed by atoms with Gasteiger partial charge in [-0.25, -0.2) is 4.98 Å². The summed E-state index contributed by atoms with van der Waals surface area (Å²) in [7, 11) is 0. The van der Waals surface area contributed by atoms with Crippen LogP contribution in [-0.2, 0) is 17.8 Å². The molecule has 7 heteroatoms. The van der Waals surface area contributed by atoms with Crippen molar-refractivity contribution in [2.75, 3.05) is 5.88 Å². The molecule has 1 aliphatic carbocycles. The number of rotatable bonds is 5. The van der Waals surface area contributed by atoms with E-state index in [1.165, 1.54) is 0 Å². The minimum absolute atomic E-state index is 0.0151. The van der Waals surface area contributed by atoms with Crippen molar-refractivity contribution in [3.8, 4) is 0 Å². The maximum absolute atomic E-state index is 12.1. The van der Waals surface area contributed by atoms with Crippen LogP contribution in [0.5, 0.6) is 0 Å². The Bertz CT molecular complexity index is 694. The molecular formula is C14H14Cl3N3O. The third-order valence-corrected chi connectivity index (χ3v) is 4.34. The second-order valence-corrected chi connectivity index (χ2v) is 6.34. The fourth-order valence-electron chi connectivity index (χ4n) is 2.27. The molecule has 1 amide bonds. The molecule has 0 bridgehead atoms. The molecule has 1 aromatic heterocycles. The number of fused-ring (bicyclic) bond motifs is 1.